The second-order valence-electron chi connectivity index (χ2n) is 5.05. The second kappa shape index (κ2) is 6.80. The summed E-state index contributed by atoms with van der Waals surface area (Å²) in [7, 11) is 0. The number of carbonyl (C=O) groups is 2. The highest BCUT2D eigenvalue weighted by Crippen LogP contribution is 2.34. The summed E-state index contributed by atoms with van der Waals surface area (Å²) < 4.78 is 5.04. The number of carbonyl (C=O) groups excluding carboxylic acids is 2. The van der Waals surface area contributed by atoms with Crippen LogP contribution in [0.3, 0.4) is 0 Å². The SMILES string of the molecule is CCOC(=O)C1=Nc2ccccc2C1NC(=O)c1ccnc(Cl)c1. The fraction of sp³-hybridized carbons (Fsp3) is 0.176. The van der Waals surface area contributed by atoms with Crippen molar-refractivity contribution in [1.29, 1.82) is 0 Å². The molecule has 1 aromatic heterocycles. The van der Waals surface area contributed by atoms with Crippen molar-refractivity contribution in [2.75, 3.05) is 6.61 Å². The summed E-state index contributed by atoms with van der Waals surface area (Å²) in [5.41, 5.74) is 1.89. The Balaban J connectivity index is 1.90. The molecule has 1 N–H and O–H groups in total. The summed E-state index contributed by atoms with van der Waals surface area (Å²) in [6, 6.07) is 9.57. The lowest BCUT2D eigenvalue weighted by Crippen LogP contribution is -2.36. The van der Waals surface area contributed by atoms with Crippen LogP contribution in [0.2, 0.25) is 5.15 Å². The molecule has 0 bridgehead atoms. The molecule has 6 nitrogen and oxygen atoms in total. The number of hydrogen-bond donors (Lipinski definition) is 1. The normalized spacial score (nSPS) is 15.4. The number of nitrogens with zero attached hydrogens (tertiary/aromatic N) is 2. The Morgan fingerprint density at radius 3 is 2.83 bits per heavy atom. The van der Waals surface area contributed by atoms with Gasteiger partial charge in [-0.15, -0.1) is 0 Å². The van der Waals surface area contributed by atoms with Crippen LogP contribution in [0.25, 0.3) is 0 Å². The molecule has 2 heterocycles. The zero-order chi connectivity index (χ0) is 17.1. The third-order valence-electron chi connectivity index (χ3n) is 3.51. The van der Waals surface area contributed by atoms with Gasteiger partial charge in [-0.25, -0.2) is 14.8 Å². The average Bonchev–Trinajstić information content (AvgIpc) is 2.94. The monoisotopic (exact) mass is 343 g/mol. The predicted octanol–water partition coefficient (Wildman–Crippen LogP) is 2.86. The molecular formula is C17H14ClN3O3. The first kappa shape index (κ1) is 16.1. The number of amides is 1. The highest BCUT2D eigenvalue weighted by atomic mass is 35.5. The Morgan fingerprint density at radius 1 is 1.29 bits per heavy atom. The molecule has 1 aliphatic rings. The molecule has 24 heavy (non-hydrogen) atoms. The summed E-state index contributed by atoms with van der Waals surface area (Å²) in [5, 5.41) is 3.03. The van der Waals surface area contributed by atoms with Crippen molar-refractivity contribution in [3.63, 3.8) is 0 Å². The van der Waals surface area contributed by atoms with Crippen LogP contribution in [0.1, 0.15) is 28.9 Å². The third kappa shape index (κ3) is 3.14. The van der Waals surface area contributed by atoms with Gasteiger partial charge in [-0.3, -0.25) is 4.79 Å². The number of rotatable bonds is 4. The fourth-order valence-electron chi connectivity index (χ4n) is 2.45. The van der Waals surface area contributed by atoms with E-state index < -0.39 is 12.0 Å². The standard InChI is InChI=1S/C17H14ClN3O3/c1-2-24-17(23)15-14(11-5-3-4-6-12(11)20-15)21-16(22)10-7-8-19-13(18)9-10/h3-9,14H,2H2,1H3,(H,21,22). The van der Waals surface area contributed by atoms with E-state index in [1.54, 1.807) is 19.1 Å². The average molecular weight is 344 g/mol. The highest BCUT2D eigenvalue weighted by molar-refractivity contribution is 6.40. The Hall–Kier alpha value is -2.73. The van der Waals surface area contributed by atoms with Crippen molar-refractivity contribution in [2.45, 2.75) is 13.0 Å². The summed E-state index contributed by atoms with van der Waals surface area (Å²) in [6.07, 6.45) is 1.44. The number of halogens is 1. The number of aromatic nitrogens is 1. The number of esters is 1. The highest BCUT2D eigenvalue weighted by Gasteiger charge is 2.34. The first-order valence-corrected chi connectivity index (χ1v) is 7.75. The number of ether oxygens (including phenoxy) is 1. The van der Waals surface area contributed by atoms with Gasteiger partial charge in [-0.05, 0) is 25.1 Å². The molecule has 0 spiro atoms. The number of benzene rings is 1. The third-order valence-corrected chi connectivity index (χ3v) is 3.72. The van der Waals surface area contributed by atoms with Gasteiger partial charge < -0.3 is 10.1 Å². The molecule has 0 saturated heterocycles. The molecule has 3 rings (SSSR count). The van der Waals surface area contributed by atoms with Crippen LogP contribution >= 0.6 is 11.6 Å². The van der Waals surface area contributed by atoms with Crippen LogP contribution in [-0.2, 0) is 9.53 Å². The molecule has 0 saturated carbocycles. The van der Waals surface area contributed by atoms with Gasteiger partial charge in [0.05, 0.1) is 12.3 Å². The maximum Gasteiger partial charge on any atom is 0.355 e. The van der Waals surface area contributed by atoms with Gasteiger partial charge in [-0.2, -0.15) is 0 Å². The molecule has 1 atom stereocenters. The van der Waals surface area contributed by atoms with E-state index in [1.165, 1.54) is 12.3 Å². The number of fused-ring (bicyclic) bond motifs is 1. The zero-order valence-electron chi connectivity index (χ0n) is 12.8. The summed E-state index contributed by atoms with van der Waals surface area (Å²) in [5.74, 6) is -0.926. The van der Waals surface area contributed by atoms with Crippen LogP contribution in [-0.4, -0.2) is 29.2 Å². The van der Waals surface area contributed by atoms with Crippen LogP contribution in [0.4, 0.5) is 5.69 Å². The van der Waals surface area contributed by atoms with Crippen LogP contribution < -0.4 is 5.32 Å². The van der Waals surface area contributed by atoms with Gasteiger partial charge in [-0.1, -0.05) is 29.8 Å². The quantitative estimate of drug-likeness (QED) is 0.683. The van der Waals surface area contributed by atoms with E-state index in [9.17, 15) is 9.59 Å². The number of hydrogen-bond acceptors (Lipinski definition) is 5. The maximum atomic E-state index is 12.5. The lowest BCUT2D eigenvalue weighted by atomic mass is 10.0. The van der Waals surface area contributed by atoms with E-state index in [0.717, 1.165) is 5.56 Å². The van der Waals surface area contributed by atoms with E-state index >= 15 is 0 Å². The number of aliphatic imine (C=N–C) groups is 1. The van der Waals surface area contributed by atoms with Gasteiger partial charge in [0.2, 0.25) is 0 Å². The molecule has 1 amide bonds. The molecule has 7 heteroatoms. The Kier molecular flexibility index (Phi) is 4.57. The topological polar surface area (TPSA) is 80.6 Å². The van der Waals surface area contributed by atoms with Crippen LogP contribution in [0.5, 0.6) is 0 Å². The summed E-state index contributed by atoms with van der Waals surface area (Å²) >= 11 is 5.82. The molecule has 0 aliphatic carbocycles. The van der Waals surface area contributed by atoms with Gasteiger partial charge >= 0.3 is 5.97 Å². The summed E-state index contributed by atoms with van der Waals surface area (Å²) in [4.78, 5) is 32.8. The van der Waals surface area contributed by atoms with E-state index in [0.29, 0.717) is 11.3 Å². The van der Waals surface area contributed by atoms with Gasteiger partial charge in [0, 0.05) is 17.3 Å². The minimum Gasteiger partial charge on any atom is -0.461 e. The number of nitrogens with one attached hydrogen (secondary N) is 1. The molecule has 2 aromatic rings. The van der Waals surface area contributed by atoms with E-state index in [-0.39, 0.29) is 23.4 Å². The van der Waals surface area contributed by atoms with E-state index in [4.69, 9.17) is 16.3 Å². The molecular weight excluding hydrogens is 330 g/mol. The first-order valence-electron chi connectivity index (χ1n) is 7.37. The number of para-hydroxylation sites is 1. The van der Waals surface area contributed by atoms with Gasteiger partial charge in [0.15, 0.2) is 5.71 Å². The largest absolute Gasteiger partial charge is 0.461 e. The lowest BCUT2D eigenvalue weighted by molar-refractivity contribution is -0.135. The fourth-order valence-corrected chi connectivity index (χ4v) is 2.62. The van der Waals surface area contributed by atoms with Crippen molar-refractivity contribution in [1.82, 2.24) is 10.3 Å². The van der Waals surface area contributed by atoms with Crippen molar-refractivity contribution >= 4 is 34.9 Å². The number of pyridine rings is 1. The Labute approximate surface area is 143 Å². The second-order valence-corrected chi connectivity index (χ2v) is 5.44. The molecule has 0 fully saturated rings. The van der Waals surface area contributed by atoms with Gasteiger partial charge in [0.1, 0.15) is 11.2 Å². The van der Waals surface area contributed by atoms with Crippen molar-refractivity contribution in [2.24, 2.45) is 4.99 Å². The van der Waals surface area contributed by atoms with E-state index in [2.05, 4.69) is 15.3 Å². The molecule has 122 valence electrons. The summed E-state index contributed by atoms with van der Waals surface area (Å²) in [6.45, 7) is 1.95. The van der Waals surface area contributed by atoms with E-state index in [1.807, 2.05) is 18.2 Å². The lowest BCUT2D eigenvalue weighted by Gasteiger charge is -2.16. The Bertz CT molecular complexity index is 835. The minimum atomic E-state index is -0.667. The van der Waals surface area contributed by atoms with Crippen molar-refractivity contribution < 1.29 is 14.3 Å². The zero-order valence-corrected chi connectivity index (χ0v) is 13.6. The molecule has 1 aromatic carbocycles. The molecule has 1 aliphatic heterocycles. The first-order chi connectivity index (χ1) is 11.6. The van der Waals surface area contributed by atoms with Crippen LogP contribution in [0.15, 0.2) is 47.6 Å². The van der Waals surface area contributed by atoms with Crippen LogP contribution in [0, 0.1) is 0 Å². The minimum absolute atomic E-state index is 0.159. The van der Waals surface area contributed by atoms with Crippen molar-refractivity contribution in [3.8, 4) is 0 Å². The predicted molar refractivity (Wildman–Crippen MR) is 89.6 cm³/mol. The molecule has 0 radical (unpaired) electrons. The molecule has 1 unspecified atom stereocenters. The van der Waals surface area contributed by atoms with Gasteiger partial charge in [0.25, 0.3) is 5.91 Å². The maximum absolute atomic E-state index is 12.5. The smallest absolute Gasteiger partial charge is 0.355 e. The Morgan fingerprint density at radius 2 is 2.08 bits per heavy atom. The van der Waals surface area contributed by atoms with Crippen molar-refractivity contribution in [3.05, 3.63) is 58.9 Å².